The Kier molecular flexibility index (Phi) is 3.86. The zero-order valence-corrected chi connectivity index (χ0v) is 12.6. The number of hydrogen-bond acceptors (Lipinski definition) is 3. The van der Waals surface area contributed by atoms with Crippen LogP contribution in [0.4, 0.5) is 0 Å². The first-order valence-corrected chi connectivity index (χ1v) is 7.69. The molecule has 3 rings (SSSR count). The molecule has 1 aromatic carbocycles. The van der Waals surface area contributed by atoms with Gasteiger partial charge in [0.1, 0.15) is 0 Å². The standard InChI is InChI=1S/C17H21N3O/c1-11-12(2)19-16-10-13(8-9-15(16)18-11)17(21)20-14-6-4-3-5-7-14/h8-10,14H,3-7H2,1-2H3,(H,20,21). The van der Waals surface area contributed by atoms with Gasteiger partial charge in [-0.3, -0.25) is 4.79 Å². The molecule has 110 valence electrons. The van der Waals surface area contributed by atoms with E-state index >= 15 is 0 Å². The molecule has 4 nitrogen and oxygen atoms in total. The number of aryl methyl sites for hydroxylation is 2. The molecule has 0 radical (unpaired) electrons. The third kappa shape index (κ3) is 3.04. The van der Waals surface area contributed by atoms with E-state index in [0.29, 0.717) is 11.6 Å². The average Bonchev–Trinajstić information content (AvgIpc) is 2.49. The first-order valence-electron chi connectivity index (χ1n) is 7.69. The number of benzene rings is 1. The van der Waals surface area contributed by atoms with E-state index in [1.807, 2.05) is 32.0 Å². The van der Waals surface area contributed by atoms with Gasteiger partial charge in [0, 0.05) is 11.6 Å². The number of aromatic nitrogens is 2. The van der Waals surface area contributed by atoms with Crippen molar-refractivity contribution in [1.82, 2.24) is 15.3 Å². The van der Waals surface area contributed by atoms with Crippen LogP contribution in [0.25, 0.3) is 11.0 Å². The quantitative estimate of drug-likeness (QED) is 0.920. The highest BCUT2D eigenvalue weighted by Gasteiger charge is 2.17. The lowest BCUT2D eigenvalue weighted by Gasteiger charge is -2.22. The average molecular weight is 283 g/mol. The summed E-state index contributed by atoms with van der Waals surface area (Å²) in [5.74, 6) is 0.00354. The fourth-order valence-corrected chi connectivity index (χ4v) is 2.89. The van der Waals surface area contributed by atoms with Crippen molar-refractivity contribution in [2.24, 2.45) is 0 Å². The highest BCUT2D eigenvalue weighted by Crippen LogP contribution is 2.19. The van der Waals surface area contributed by atoms with Crippen LogP contribution in [0, 0.1) is 13.8 Å². The highest BCUT2D eigenvalue weighted by atomic mass is 16.1. The maximum Gasteiger partial charge on any atom is 0.251 e. The minimum Gasteiger partial charge on any atom is -0.349 e. The van der Waals surface area contributed by atoms with Crippen molar-refractivity contribution in [3.8, 4) is 0 Å². The van der Waals surface area contributed by atoms with Crippen molar-refractivity contribution in [2.75, 3.05) is 0 Å². The Hall–Kier alpha value is -1.97. The van der Waals surface area contributed by atoms with E-state index in [-0.39, 0.29) is 5.91 Å². The van der Waals surface area contributed by atoms with Gasteiger partial charge in [-0.25, -0.2) is 9.97 Å². The van der Waals surface area contributed by atoms with Gasteiger partial charge in [0.15, 0.2) is 0 Å². The van der Waals surface area contributed by atoms with Gasteiger partial charge in [0.05, 0.1) is 22.4 Å². The van der Waals surface area contributed by atoms with Crippen LogP contribution in [-0.4, -0.2) is 21.9 Å². The van der Waals surface area contributed by atoms with Crippen LogP contribution in [0.5, 0.6) is 0 Å². The van der Waals surface area contributed by atoms with Crippen LogP contribution in [-0.2, 0) is 0 Å². The number of amides is 1. The molecule has 1 aromatic heterocycles. The largest absolute Gasteiger partial charge is 0.349 e. The number of rotatable bonds is 2. The number of fused-ring (bicyclic) bond motifs is 1. The summed E-state index contributed by atoms with van der Waals surface area (Å²) >= 11 is 0. The Bertz CT molecular complexity index is 675. The fourth-order valence-electron chi connectivity index (χ4n) is 2.89. The molecule has 0 aliphatic heterocycles. The Balaban J connectivity index is 1.82. The smallest absolute Gasteiger partial charge is 0.251 e. The maximum absolute atomic E-state index is 12.3. The molecule has 1 amide bonds. The summed E-state index contributed by atoms with van der Waals surface area (Å²) in [5, 5.41) is 3.14. The van der Waals surface area contributed by atoms with Crippen molar-refractivity contribution < 1.29 is 4.79 Å². The SMILES string of the molecule is Cc1nc2ccc(C(=O)NC3CCCCC3)cc2nc1C. The molecule has 1 aliphatic carbocycles. The fraction of sp³-hybridized carbons (Fsp3) is 0.471. The van der Waals surface area contributed by atoms with Crippen LogP contribution in [0.3, 0.4) is 0 Å². The van der Waals surface area contributed by atoms with E-state index < -0.39 is 0 Å². The van der Waals surface area contributed by atoms with Gasteiger partial charge in [-0.1, -0.05) is 19.3 Å². The molecular weight excluding hydrogens is 262 g/mol. The predicted octanol–water partition coefficient (Wildman–Crippen LogP) is 3.31. The van der Waals surface area contributed by atoms with Crippen molar-refractivity contribution >= 4 is 16.9 Å². The van der Waals surface area contributed by atoms with Gasteiger partial charge in [0.25, 0.3) is 5.91 Å². The molecule has 1 aliphatic rings. The summed E-state index contributed by atoms with van der Waals surface area (Å²) < 4.78 is 0. The number of nitrogens with zero attached hydrogens (tertiary/aromatic N) is 2. The van der Waals surface area contributed by atoms with Crippen LogP contribution in [0.2, 0.25) is 0 Å². The second-order valence-corrected chi connectivity index (χ2v) is 5.91. The monoisotopic (exact) mass is 283 g/mol. The third-order valence-electron chi connectivity index (χ3n) is 4.28. The van der Waals surface area contributed by atoms with Gasteiger partial charge >= 0.3 is 0 Å². The van der Waals surface area contributed by atoms with Gasteiger partial charge in [-0.2, -0.15) is 0 Å². The zero-order chi connectivity index (χ0) is 14.8. The lowest BCUT2D eigenvalue weighted by molar-refractivity contribution is 0.0928. The van der Waals surface area contributed by atoms with E-state index in [1.165, 1.54) is 19.3 Å². The molecule has 0 saturated heterocycles. The summed E-state index contributed by atoms with van der Waals surface area (Å²) in [5.41, 5.74) is 4.14. The molecule has 0 atom stereocenters. The zero-order valence-electron chi connectivity index (χ0n) is 12.6. The minimum atomic E-state index is 0.00354. The van der Waals surface area contributed by atoms with Gasteiger partial charge in [0.2, 0.25) is 0 Å². The Morgan fingerprint density at radius 3 is 2.43 bits per heavy atom. The number of carbonyl (C=O) groups is 1. The van der Waals surface area contributed by atoms with E-state index in [4.69, 9.17) is 0 Å². The second-order valence-electron chi connectivity index (χ2n) is 5.91. The van der Waals surface area contributed by atoms with E-state index in [9.17, 15) is 4.79 Å². The molecule has 0 bridgehead atoms. The van der Waals surface area contributed by atoms with Gasteiger partial charge < -0.3 is 5.32 Å². The Morgan fingerprint density at radius 1 is 1.05 bits per heavy atom. The predicted molar refractivity (Wildman–Crippen MR) is 83.4 cm³/mol. The summed E-state index contributed by atoms with van der Waals surface area (Å²) in [6.45, 7) is 3.89. The molecule has 1 saturated carbocycles. The number of carbonyl (C=O) groups excluding carboxylic acids is 1. The summed E-state index contributed by atoms with van der Waals surface area (Å²) in [4.78, 5) is 21.4. The molecule has 2 aromatic rings. The van der Waals surface area contributed by atoms with Crippen LogP contribution < -0.4 is 5.32 Å². The molecule has 0 unspecified atom stereocenters. The number of hydrogen-bond donors (Lipinski definition) is 1. The van der Waals surface area contributed by atoms with Gasteiger partial charge in [-0.05, 0) is 44.9 Å². The Labute approximate surface area is 125 Å². The van der Waals surface area contributed by atoms with Crippen molar-refractivity contribution in [3.05, 3.63) is 35.2 Å². The van der Waals surface area contributed by atoms with Crippen LogP contribution in [0.1, 0.15) is 53.8 Å². The summed E-state index contributed by atoms with van der Waals surface area (Å²) in [6, 6.07) is 5.88. The second kappa shape index (κ2) is 5.80. The number of nitrogens with one attached hydrogen (secondary N) is 1. The summed E-state index contributed by atoms with van der Waals surface area (Å²) in [7, 11) is 0. The highest BCUT2D eigenvalue weighted by molar-refractivity contribution is 5.97. The van der Waals surface area contributed by atoms with Gasteiger partial charge in [-0.15, -0.1) is 0 Å². The van der Waals surface area contributed by atoms with E-state index in [1.54, 1.807) is 0 Å². The topological polar surface area (TPSA) is 54.9 Å². The molecule has 21 heavy (non-hydrogen) atoms. The molecule has 4 heteroatoms. The van der Waals surface area contributed by atoms with E-state index in [2.05, 4.69) is 15.3 Å². The lowest BCUT2D eigenvalue weighted by Crippen LogP contribution is -2.36. The third-order valence-corrected chi connectivity index (χ3v) is 4.28. The first kappa shape index (κ1) is 14.0. The molecular formula is C17H21N3O. The van der Waals surface area contributed by atoms with Crippen molar-refractivity contribution in [2.45, 2.75) is 52.0 Å². The normalized spacial score (nSPS) is 16.1. The molecule has 1 fully saturated rings. The lowest BCUT2D eigenvalue weighted by atomic mass is 9.95. The Morgan fingerprint density at radius 2 is 1.71 bits per heavy atom. The molecule has 1 heterocycles. The van der Waals surface area contributed by atoms with E-state index in [0.717, 1.165) is 35.3 Å². The minimum absolute atomic E-state index is 0.00354. The molecule has 1 N–H and O–H groups in total. The maximum atomic E-state index is 12.3. The van der Waals surface area contributed by atoms with Crippen molar-refractivity contribution in [3.63, 3.8) is 0 Å². The first-order chi connectivity index (χ1) is 10.1. The molecule has 0 spiro atoms. The van der Waals surface area contributed by atoms with Crippen LogP contribution >= 0.6 is 0 Å². The van der Waals surface area contributed by atoms with Crippen LogP contribution in [0.15, 0.2) is 18.2 Å². The van der Waals surface area contributed by atoms with Crippen molar-refractivity contribution in [1.29, 1.82) is 0 Å². The summed E-state index contributed by atoms with van der Waals surface area (Å²) in [6.07, 6.45) is 5.91.